The van der Waals surface area contributed by atoms with Crippen LogP contribution in [0, 0.1) is 0 Å². The lowest BCUT2D eigenvalue weighted by molar-refractivity contribution is 0.104. The van der Waals surface area contributed by atoms with Crippen molar-refractivity contribution in [3.05, 3.63) is 5.82 Å². The van der Waals surface area contributed by atoms with Gasteiger partial charge in [-0.25, -0.2) is 4.68 Å². The molecule has 96 valence electrons. The molecule has 2 rings (SSSR count). The molecular weight excluding hydrogens is 222 g/mol. The van der Waals surface area contributed by atoms with Gasteiger partial charge in [0.1, 0.15) is 0 Å². The first-order chi connectivity index (χ1) is 8.33. The van der Waals surface area contributed by atoms with Crippen LogP contribution in [0.3, 0.4) is 0 Å². The van der Waals surface area contributed by atoms with Gasteiger partial charge < -0.3 is 14.8 Å². The number of nitrogens with zero attached hydrogens (tertiary/aromatic N) is 4. The molecule has 0 aliphatic carbocycles. The monoisotopic (exact) mass is 241 g/mol. The number of hydrogen-bond donors (Lipinski definition) is 1. The summed E-state index contributed by atoms with van der Waals surface area (Å²) in [5.74, 6) is 0.850. The molecule has 1 aromatic heterocycles. The molecular formula is C10H19N5O2. The highest BCUT2D eigenvalue weighted by Gasteiger charge is 2.28. The maximum Gasteiger partial charge on any atom is 0.165 e. The van der Waals surface area contributed by atoms with Gasteiger partial charge in [-0.3, -0.25) is 0 Å². The van der Waals surface area contributed by atoms with E-state index < -0.39 is 0 Å². The molecule has 1 saturated heterocycles. The van der Waals surface area contributed by atoms with E-state index in [1.54, 1.807) is 7.11 Å². The van der Waals surface area contributed by atoms with E-state index in [-0.39, 0.29) is 12.1 Å². The number of tetrazole rings is 1. The maximum absolute atomic E-state index is 5.53. The van der Waals surface area contributed by atoms with Crippen molar-refractivity contribution in [3.8, 4) is 0 Å². The quantitative estimate of drug-likeness (QED) is 0.693. The van der Waals surface area contributed by atoms with Crippen LogP contribution in [0.2, 0.25) is 0 Å². The molecule has 0 amide bonds. The molecule has 0 spiro atoms. The highest BCUT2D eigenvalue weighted by atomic mass is 16.5. The molecule has 1 N–H and O–H groups in total. The van der Waals surface area contributed by atoms with Gasteiger partial charge >= 0.3 is 0 Å². The fourth-order valence-electron chi connectivity index (χ4n) is 2.00. The van der Waals surface area contributed by atoms with Crippen LogP contribution in [0.25, 0.3) is 0 Å². The Morgan fingerprint density at radius 2 is 2.47 bits per heavy atom. The zero-order chi connectivity index (χ0) is 12.1. The minimum Gasteiger partial charge on any atom is -0.383 e. The van der Waals surface area contributed by atoms with E-state index in [1.165, 1.54) is 0 Å². The van der Waals surface area contributed by atoms with E-state index in [2.05, 4.69) is 27.8 Å². The first-order valence-electron chi connectivity index (χ1n) is 5.91. The van der Waals surface area contributed by atoms with Gasteiger partial charge in [-0.1, -0.05) is 0 Å². The summed E-state index contributed by atoms with van der Waals surface area (Å²) in [6.45, 7) is 4.97. The average Bonchev–Trinajstić information content (AvgIpc) is 2.93. The van der Waals surface area contributed by atoms with Gasteiger partial charge in [0.15, 0.2) is 5.82 Å². The topological polar surface area (TPSA) is 74.1 Å². The van der Waals surface area contributed by atoms with Crippen LogP contribution in [0.1, 0.15) is 25.2 Å². The molecule has 1 fully saturated rings. The normalized spacial score (nSPS) is 24.4. The molecule has 2 heterocycles. The third-order valence-corrected chi connectivity index (χ3v) is 2.98. The lowest BCUT2D eigenvalue weighted by atomic mass is 10.1. The molecule has 0 saturated carbocycles. The molecule has 7 heteroatoms. The highest BCUT2D eigenvalue weighted by Crippen LogP contribution is 2.25. The Labute approximate surface area is 100 Å². The Kier molecular flexibility index (Phi) is 4.41. The van der Waals surface area contributed by atoms with Crippen LogP contribution in [0.5, 0.6) is 0 Å². The number of aromatic nitrogens is 4. The lowest BCUT2D eigenvalue weighted by Crippen LogP contribution is -2.25. The Balaban J connectivity index is 1.92. The highest BCUT2D eigenvalue weighted by molar-refractivity contribution is 4.88. The third-order valence-electron chi connectivity index (χ3n) is 2.98. The van der Waals surface area contributed by atoms with Crippen molar-refractivity contribution in [3.63, 3.8) is 0 Å². The van der Waals surface area contributed by atoms with Gasteiger partial charge in [-0.2, -0.15) is 0 Å². The molecule has 0 bridgehead atoms. The Bertz CT molecular complexity index is 343. The second-order valence-electron chi connectivity index (χ2n) is 4.14. The van der Waals surface area contributed by atoms with E-state index in [4.69, 9.17) is 9.47 Å². The summed E-state index contributed by atoms with van der Waals surface area (Å²) in [6.07, 6.45) is 1.15. The number of hydrogen-bond acceptors (Lipinski definition) is 6. The molecule has 2 atom stereocenters. The summed E-state index contributed by atoms with van der Waals surface area (Å²) >= 11 is 0. The lowest BCUT2D eigenvalue weighted by Gasteiger charge is -2.15. The maximum atomic E-state index is 5.53. The summed E-state index contributed by atoms with van der Waals surface area (Å²) in [7, 11) is 1.68. The summed E-state index contributed by atoms with van der Waals surface area (Å²) < 4.78 is 12.4. The van der Waals surface area contributed by atoms with Crippen molar-refractivity contribution in [1.29, 1.82) is 0 Å². The third kappa shape index (κ3) is 2.99. The van der Waals surface area contributed by atoms with Crippen molar-refractivity contribution in [2.24, 2.45) is 0 Å². The minimum atomic E-state index is 0.177. The zero-order valence-electron chi connectivity index (χ0n) is 10.3. The van der Waals surface area contributed by atoms with Crippen molar-refractivity contribution in [2.45, 2.75) is 32.0 Å². The summed E-state index contributed by atoms with van der Waals surface area (Å²) in [6, 6.07) is 0.254. The van der Waals surface area contributed by atoms with Crippen LogP contribution in [-0.2, 0) is 16.0 Å². The van der Waals surface area contributed by atoms with Crippen LogP contribution >= 0.6 is 0 Å². The van der Waals surface area contributed by atoms with Crippen molar-refractivity contribution < 1.29 is 9.47 Å². The molecule has 0 aromatic carbocycles. The smallest absolute Gasteiger partial charge is 0.165 e. The number of rotatable bonds is 6. The Hall–Kier alpha value is -1.05. The molecule has 1 aliphatic heterocycles. The predicted molar refractivity (Wildman–Crippen MR) is 60.5 cm³/mol. The van der Waals surface area contributed by atoms with Gasteiger partial charge in [-0.05, 0) is 23.8 Å². The van der Waals surface area contributed by atoms with Crippen molar-refractivity contribution >= 4 is 0 Å². The van der Waals surface area contributed by atoms with Gasteiger partial charge in [0.05, 0.1) is 25.3 Å². The predicted octanol–water partition coefficient (Wildman–Crippen LogP) is -0.241. The fraction of sp³-hybridized carbons (Fsp3) is 0.900. The summed E-state index contributed by atoms with van der Waals surface area (Å²) in [4.78, 5) is 0. The number of ether oxygens (including phenoxy) is 2. The first-order valence-corrected chi connectivity index (χ1v) is 5.91. The van der Waals surface area contributed by atoms with Crippen molar-refractivity contribution in [2.75, 3.05) is 26.9 Å². The van der Waals surface area contributed by atoms with E-state index in [0.29, 0.717) is 13.2 Å². The number of methoxy groups -OCH3 is 1. The standard InChI is InChI=1S/C10H19N5O2/c1-8-9(3-5-17-8)15-10(12-13-14-15)7-11-4-6-16-2/h8-9,11H,3-7H2,1-2H3. The largest absolute Gasteiger partial charge is 0.383 e. The Morgan fingerprint density at radius 3 is 3.18 bits per heavy atom. The van der Waals surface area contributed by atoms with Gasteiger partial charge in [-0.15, -0.1) is 5.10 Å². The van der Waals surface area contributed by atoms with Crippen LogP contribution in [-0.4, -0.2) is 53.2 Å². The second kappa shape index (κ2) is 6.04. The van der Waals surface area contributed by atoms with Gasteiger partial charge in [0.25, 0.3) is 0 Å². The van der Waals surface area contributed by atoms with Crippen molar-refractivity contribution in [1.82, 2.24) is 25.5 Å². The van der Waals surface area contributed by atoms with Crippen LogP contribution in [0.15, 0.2) is 0 Å². The first kappa shape index (κ1) is 12.4. The van der Waals surface area contributed by atoms with Gasteiger partial charge in [0.2, 0.25) is 0 Å². The molecule has 17 heavy (non-hydrogen) atoms. The number of nitrogens with one attached hydrogen (secondary N) is 1. The molecule has 0 radical (unpaired) electrons. The van der Waals surface area contributed by atoms with E-state index in [0.717, 1.165) is 25.4 Å². The fourth-order valence-corrected chi connectivity index (χ4v) is 2.00. The minimum absolute atomic E-state index is 0.177. The molecule has 7 nitrogen and oxygen atoms in total. The molecule has 1 aliphatic rings. The zero-order valence-corrected chi connectivity index (χ0v) is 10.3. The van der Waals surface area contributed by atoms with Crippen LogP contribution in [0.4, 0.5) is 0 Å². The SMILES string of the molecule is COCCNCc1nnnn1C1CCOC1C. The Morgan fingerprint density at radius 1 is 1.59 bits per heavy atom. The van der Waals surface area contributed by atoms with E-state index in [9.17, 15) is 0 Å². The van der Waals surface area contributed by atoms with Gasteiger partial charge in [0, 0.05) is 20.3 Å². The summed E-state index contributed by atoms with van der Waals surface area (Å²) in [5, 5.41) is 15.1. The summed E-state index contributed by atoms with van der Waals surface area (Å²) in [5.41, 5.74) is 0. The second-order valence-corrected chi connectivity index (χ2v) is 4.14. The molecule has 2 unspecified atom stereocenters. The van der Waals surface area contributed by atoms with Crippen LogP contribution < -0.4 is 5.32 Å². The molecule has 1 aromatic rings. The average molecular weight is 241 g/mol. The van der Waals surface area contributed by atoms with E-state index >= 15 is 0 Å². The van der Waals surface area contributed by atoms with E-state index in [1.807, 2.05) is 4.68 Å².